The van der Waals surface area contributed by atoms with Gasteiger partial charge in [-0.3, -0.25) is 9.69 Å². The number of fused-ring (bicyclic) bond motifs is 1. The van der Waals surface area contributed by atoms with Crippen LogP contribution in [0, 0.1) is 5.92 Å². The van der Waals surface area contributed by atoms with Crippen LogP contribution in [0.5, 0.6) is 0 Å². The largest absolute Gasteiger partial charge is 0.352 e. The maximum absolute atomic E-state index is 12.4. The Labute approximate surface area is 153 Å². The second kappa shape index (κ2) is 7.57. The van der Waals surface area contributed by atoms with E-state index in [1.807, 2.05) is 0 Å². The van der Waals surface area contributed by atoms with Gasteiger partial charge in [0.1, 0.15) is 11.8 Å². The molecule has 1 saturated carbocycles. The first-order chi connectivity index (χ1) is 12.7. The number of aromatic nitrogens is 4. The minimum absolute atomic E-state index is 0.163. The molecule has 0 aromatic carbocycles. The first-order valence-electron chi connectivity index (χ1n) is 9.60. The highest BCUT2D eigenvalue weighted by Crippen LogP contribution is 2.23. The van der Waals surface area contributed by atoms with Crippen LogP contribution in [0.2, 0.25) is 0 Å². The van der Waals surface area contributed by atoms with Gasteiger partial charge >= 0.3 is 0 Å². The number of carbonyl (C=O) groups excluding carboxylic acids is 1. The molecule has 3 heterocycles. The fourth-order valence-corrected chi connectivity index (χ4v) is 4.15. The van der Waals surface area contributed by atoms with E-state index in [4.69, 9.17) is 0 Å². The summed E-state index contributed by atoms with van der Waals surface area (Å²) in [4.78, 5) is 32.7. The van der Waals surface area contributed by atoms with Crippen LogP contribution in [0.15, 0.2) is 12.7 Å². The number of nitrogens with one attached hydrogen (secondary N) is 2. The van der Waals surface area contributed by atoms with Crippen LogP contribution >= 0.6 is 0 Å². The van der Waals surface area contributed by atoms with Crippen molar-refractivity contribution in [2.24, 2.45) is 5.92 Å². The van der Waals surface area contributed by atoms with Crippen molar-refractivity contribution in [3.05, 3.63) is 12.7 Å². The molecule has 1 amide bonds. The molecule has 2 atom stereocenters. The minimum atomic E-state index is 0.163. The number of imidazole rings is 1. The van der Waals surface area contributed by atoms with Gasteiger partial charge in [0.05, 0.1) is 12.9 Å². The van der Waals surface area contributed by atoms with Crippen molar-refractivity contribution in [1.82, 2.24) is 30.2 Å². The second-order valence-corrected chi connectivity index (χ2v) is 7.60. The summed E-state index contributed by atoms with van der Waals surface area (Å²) in [6.07, 6.45) is 7.97. The van der Waals surface area contributed by atoms with E-state index in [-0.39, 0.29) is 5.91 Å². The Balaban J connectivity index is 1.28. The van der Waals surface area contributed by atoms with Crippen molar-refractivity contribution in [2.45, 2.75) is 38.6 Å². The molecule has 26 heavy (non-hydrogen) atoms. The molecule has 2 fully saturated rings. The van der Waals surface area contributed by atoms with Crippen LogP contribution in [0.3, 0.4) is 0 Å². The number of carbonyl (C=O) groups is 1. The van der Waals surface area contributed by atoms with Crippen LogP contribution < -0.4 is 10.2 Å². The quantitative estimate of drug-likeness (QED) is 0.854. The van der Waals surface area contributed by atoms with Gasteiger partial charge in [-0.2, -0.15) is 0 Å². The zero-order valence-corrected chi connectivity index (χ0v) is 15.3. The molecule has 140 valence electrons. The number of anilines is 1. The van der Waals surface area contributed by atoms with Crippen molar-refractivity contribution in [2.75, 3.05) is 37.6 Å². The second-order valence-electron chi connectivity index (χ2n) is 7.60. The first kappa shape index (κ1) is 17.2. The van der Waals surface area contributed by atoms with Crippen LogP contribution in [-0.4, -0.2) is 69.5 Å². The lowest BCUT2D eigenvalue weighted by atomic mass is 9.87. The van der Waals surface area contributed by atoms with Gasteiger partial charge in [0, 0.05) is 32.2 Å². The summed E-state index contributed by atoms with van der Waals surface area (Å²) >= 11 is 0. The average molecular weight is 357 g/mol. The maximum Gasteiger partial charge on any atom is 0.234 e. The molecule has 2 N–H and O–H groups in total. The van der Waals surface area contributed by atoms with Gasteiger partial charge in [-0.1, -0.05) is 19.8 Å². The Kier molecular flexibility index (Phi) is 5.01. The summed E-state index contributed by atoms with van der Waals surface area (Å²) in [5.41, 5.74) is 1.57. The first-order valence-corrected chi connectivity index (χ1v) is 9.60. The van der Waals surface area contributed by atoms with Crippen molar-refractivity contribution < 1.29 is 4.79 Å². The average Bonchev–Trinajstić information content (AvgIpc) is 3.11. The summed E-state index contributed by atoms with van der Waals surface area (Å²) in [5, 5.41) is 3.23. The third kappa shape index (κ3) is 3.80. The monoisotopic (exact) mass is 357 g/mol. The lowest BCUT2D eigenvalue weighted by molar-refractivity contribution is -0.123. The summed E-state index contributed by atoms with van der Waals surface area (Å²) in [5.74, 6) is 1.79. The summed E-state index contributed by atoms with van der Waals surface area (Å²) < 4.78 is 0. The molecular formula is C18H27N7O. The highest BCUT2D eigenvalue weighted by Gasteiger charge is 2.24. The number of H-pyrrole nitrogens is 1. The number of amides is 1. The van der Waals surface area contributed by atoms with Crippen LogP contribution in [0.4, 0.5) is 5.82 Å². The fourth-order valence-electron chi connectivity index (χ4n) is 4.15. The van der Waals surface area contributed by atoms with Gasteiger partial charge in [-0.25, -0.2) is 15.0 Å². The van der Waals surface area contributed by atoms with Gasteiger partial charge in [-0.15, -0.1) is 0 Å². The van der Waals surface area contributed by atoms with E-state index >= 15 is 0 Å². The van der Waals surface area contributed by atoms with Crippen molar-refractivity contribution in [3.63, 3.8) is 0 Å². The van der Waals surface area contributed by atoms with Gasteiger partial charge in [0.2, 0.25) is 5.91 Å². The number of hydrogen-bond donors (Lipinski definition) is 2. The summed E-state index contributed by atoms with van der Waals surface area (Å²) in [6.45, 7) is 6.17. The smallest absolute Gasteiger partial charge is 0.234 e. The predicted octanol–water partition coefficient (Wildman–Crippen LogP) is 1.17. The molecule has 0 radical (unpaired) electrons. The summed E-state index contributed by atoms with van der Waals surface area (Å²) in [6, 6.07) is 0.363. The van der Waals surface area contributed by atoms with E-state index in [1.54, 1.807) is 12.7 Å². The topological polar surface area (TPSA) is 90.0 Å². The molecule has 2 unspecified atom stereocenters. The van der Waals surface area contributed by atoms with Gasteiger partial charge in [0.25, 0.3) is 0 Å². The molecule has 0 spiro atoms. The zero-order valence-electron chi connectivity index (χ0n) is 15.3. The standard InChI is InChI=1S/C18H27N7O/c1-13-3-2-4-14(9-13)23-15(26)10-24-5-7-25(8-6-24)18-16-17(20-11-19-16)21-12-22-18/h11-14H,2-10H2,1H3,(H,23,26)(H,19,20,21,22). The molecule has 8 nitrogen and oxygen atoms in total. The van der Waals surface area contributed by atoms with E-state index in [0.29, 0.717) is 18.2 Å². The predicted molar refractivity (Wildman–Crippen MR) is 99.9 cm³/mol. The fraction of sp³-hybridized carbons (Fsp3) is 0.667. The third-order valence-corrected chi connectivity index (χ3v) is 5.54. The molecular weight excluding hydrogens is 330 g/mol. The Morgan fingerprint density at radius 1 is 1.23 bits per heavy atom. The van der Waals surface area contributed by atoms with Crippen molar-refractivity contribution >= 4 is 22.9 Å². The van der Waals surface area contributed by atoms with E-state index < -0.39 is 0 Å². The summed E-state index contributed by atoms with van der Waals surface area (Å²) in [7, 11) is 0. The normalized spacial score (nSPS) is 24.7. The highest BCUT2D eigenvalue weighted by atomic mass is 16.2. The van der Waals surface area contributed by atoms with Crippen molar-refractivity contribution in [3.8, 4) is 0 Å². The molecule has 2 aliphatic rings. The van der Waals surface area contributed by atoms with E-state index in [1.165, 1.54) is 12.8 Å². The van der Waals surface area contributed by atoms with E-state index in [9.17, 15) is 4.79 Å². The Hall–Kier alpha value is -2.22. The van der Waals surface area contributed by atoms with Crippen LogP contribution in [0.25, 0.3) is 11.2 Å². The molecule has 4 rings (SSSR count). The number of nitrogens with zero attached hydrogens (tertiary/aromatic N) is 5. The van der Waals surface area contributed by atoms with Crippen LogP contribution in [-0.2, 0) is 4.79 Å². The zero-order chi connectivity index (χ0) is 17.9. The Bertz CT molecular complexity index is 753. The van der Waals surface area contributed by atoms with Crippen LogP contribution in [0.1, 0.15) is 32.6 Å². The number of aromatic amines is 1. The van der Waals surface area contributed by atoms with Gasteiger partial charge < -0.3 is 15.2 Å². The molecule has 0 bridgehead atoms. The SMILES string of the molecule is CC1CCCC(NC(=O)CN2CCN(c3ncnc4nc[nH]c34)CC2)C1. The maximum atomic E-state index is 12.4. The minimum Gasteiger partial charge on any atom is -0.352 e. The molecule has 1 aliphatic heterocycles. The van der Waals surface area contributed by atoms with Gasteiger partial charge in [-0.05, 0) is 18.8 Å². The number of piperazine rings is 1. The molecule has 2 aromatic heterocycles. The lowest BCUT2D eigenvalue weighted by Crippen LogP contribution is -2.51. The molecule has 2 aromatic rings. The third-order valence-electron chi connectivity index (χ3n) is 5.54. The van der Waals surface area contributed by atoms with Gasteiger partial charge in [0.15, 0.2) is 11.5 Å². The van der Waals surface area contributed by atoms with E-state index in [0.717, 1.165) is 56.3 Å². The highest BCUT2D eigenvalue weighted by molar-refractivity contribution is 5.82. The van der Waals surface area contributed by atoms with E-state index in [2.05, 4.69) is 42.0 Å². The van der Waals surface area contributed by atoms with Crippen molar-refractivity contribution in [1.29, 1.82) is 0 Å². The lowest BCUT2D eigenvalue weighted by Gasteiger charge is -2.35. The Morgan fingerprint density at radius 2 is 2.08 bits per heavy atom. The Morgan fingerprint density at radius 3 is 2.88 bits per heavy atom. The number of hydrogen-bond acceptors (Lipinski definition) is 6. The molecule has 8 heteroatoms. The molecule has 1 saturated heterocycles. The number of rotatable bonds is 4. The molecule has 1 aliphatic carbocycles.